The molecule has 0 spiro atoms. The van der Waals surface area contributed by atoms with Gasteiger partial charge in [0.15, 0.2) is 4.21 Å². The Hall–Kier alpha value is -1.66. The second-order valence-electron chi connectivity index (χ2n) is 4.81. The summed E-state index contributed by atoms with van der Waals surface area (Å²) in [6.07, 6.45) is 0. The topological polar surface area (TPSA) is 98.8 Å². The number of nitrogens with one attached hydrogen (secondary N) is 1. The normalized spacial score (nSPS) is 11.0. The average Bonchev–Trinajstić information content (AvgIpc) is 2.93. The van der Waals surface area contributed by atoms with Crippen LogP contribution in [-0.4, -0.2) is 34.6 Å². The van der Waals surface area contributed by atoms with Crippen LogP contribution in [0, 0.1) is 10.5 Å². The fourth-order valence-corrected chi connectivity index (χ4v) is 5.18. The number of thiophene rings is 1. The molecule has 1 N–H and O–H groups in total. The summed E-state index contributed by atoms with van der Waals surface area (Å²) >= 11 is 2.76. The van der Waals surface area contributed by atoms with Gasteiger partial charge in [-0.25, -0.2) is 18.0 Å². The van der Waals surface area contributed by atoms with E-state index in [0.717, 1.165) is 10.7 Å². The van der Waals surface area contributed by atoms with E-state index in [1.54, 1.807) is 24.3 Å². The van der Waals surface area contributed by atoms with Crippen LogP contribution in [-0.2, 0) is 19.5 Å². The Morgan fingerprint density at radius 1 is 1.08 bits per heavy atom. The second-order valence-corrected chi connectivity index (χ2v) is 8.96. The van der Waals surface area contributed by atoms with E-state index in [4.69, 9.17) is 0 Å². The quantitative estimate of drug-likeness (QED) is 0.506. The average molecular weight is 495 g/mol. The summed E-state index contributed by atoms with van der Waals surface area (Å²) in [6, 6.07) is 6.66. The fraction of sp³-hybridized carbons (Fsp3) is 0.200. The Labute approximate surface area is 162 Å². The number of methoxy groups -OCH3 is 2. The van der Waals surface area contributed by atoms with Crippen molar-refractivity contribution in [1.82, 2.24) is 0 Å². The van der Waals surface area contributed by atoms with Crippen LogP contribution < -0.4 is 4.72 Å². The molecule has 7 nitrogen and oxygen atoms in total. The van der Waals surface area contributed by atoms with Crippen molar-refractivity contribution in [2.24, 2.45) is 0 Å². The van der Waals surface area contributed by atoms with Crippen molar-refractivity contribution < 1.29 is 27.5 Å². The van der Waals surface area contributed by atoms with Gasteiger partial charge in [-0.15, -0.1) is 11.3 Å². The molecule has 0 fully saturated rings. The molecule has 0 atom stereocenters. The Balaban J connectivity index is 2.57. The first kappa shape index (κ1) is 19.7. The standard InChI is InChI=1S/C15H14INO6S2/c1-8-11(13(18)22-2)15(24-12(8)14(19)23-3)25(20,21)17-10-6-4-9(16)5-7-10/h4-7,17H,1-3H3. The van der Waals surface area contributed by atoms with Crippen molar-refractivity contribution >= 4 is 61.6 Å². The van der Waals surface area contributed by atoms with Crippen LogP contribution in [0.3, 0.4) is 0 Å². The molecular formula is C15H14INO6S2. The molecule has 2 rings (SSSR count). The molecule has 10 heteroatoms. The first-order chi connectivity index (χ1) is 11.7. The minimum Gasteiger partial charge on any atom is -0.465 e. The number of carbonyl (C=O) groups excluding carboxylic acids is 2. The zero-order valence-corrected chi connectivity index (χ0v) is 17.2. The molecule has 25 heavy (non-hydrogen) atoms. The number of halogens is 1. The largest absolute Gasteiger partial charge is 0.465 e. The smallest absolute Gasteiger partial charge is 0.348 e. The van der Waals surface area contributed by atoms with Crippen LogP contribution in [0.4, 0.5) is 5.69 Å². The highest BCUT2D eigenvalue weighted by atomic mass is 127. The van der Waals surface area contributed by atoms with Gasteiger partial charge in [-0.3, -0.25) is 4.72 Å². The second kappa shape index (κ2) is 7.70. The van der Waals surface area contributed by atoms with E-state index in [0.29, 0.717) is 17.0 Å². The number of esters is 2. The lowest BCUT2D eigenvalue weighted by Gasteiger charge is -2.08. The van der Waals surface area contributed by atoms with Gasteiger partial charge in [0.2, 0.25) is 0 Å². The Kier molecular flexibility index (Phi) is 6.06. The molecule has 0 amide bonds. The van der Waals surface area contributed by atoms with Gasteiger partial charge in [0.05, 0.1) is 19.8 Å². The highest BCUT2D eigenvalue weighted by molar-refractivity contribution is 14.1. The summed E-state index contributed by atoms with van der Waals surface area (Å²) in [7, 11) is -1.78. The molecule has 2 aromatic rings. The number of benzene rings is 1. The Morgan fingerprint density at radius 2 is 1.64 bits per heavy atom. The van der Waals surface area contributed by atoms with Crippen molar-refractivity contribution in [2.75, 3.05) is 18.9 Å². The van der Waals surface area contributed by atoms with Crippen LogP contribution in [0.1, 0.15) is 25.6 Å². The molecule has 1 aromatic carbocycles. The molecule has 1 aromatic heterocycles. The fourth-order valence-electron chi connectivity index (χ4n) is 2.02. The molecule has 0 aliphatic rings. The lowest BCUT2D eigenvalue weighted by Crippen LogP contribution is -2.16. The van der Waals surface area contributed by atoms with Crippen molar-refractivity contribution in [1.29, 1.82) is 0 Å². The molecule has 0 aliphatic carbocycles. The third kappa shape index (κ3) is 4.12. The van der Waals surface area contributed by atoms with E-state index < -0.39 is 22.0 Å². The minimum atomic E-state index is -4.10. The maximum Gasteiger partial charge on any atom is 0.348 e. The van der Waals surface area contributed by atoms with Crippen molar-refractivity contribution in [3.63, 3.8) is 0 Å². The highest BCUT2D eigenvalue weighted by Gasteiger charge is 2.32. The summed E-state index contributed by atoms with van der Waals surface area (Å²) < 4.78 is 37.8. The third-order valence-corrected chi connectivity index (χ3v) is 7.11. The Morgan fingerprint density at radius 3 is 2.16 bits per heavy atom. The summed E-state index contributed by atoms with van der Waals surface area (Å²) in [5, 5.41) is 0. The molecule has 0 unspecified atom stereocenters. The van der Waals surface area contributed by atoms with Gasteiger partial charge in [-0.1, -0.05) is 0 Å². The lowest BCUT2D eigenvalue weighted by molar-refractivity contribution is 0.0596. The van der Waals surface area contributed by atoms with Crippen molar-refractivity contribution in [3.8, 4) is 0 Å². The van der Waals surface area contributed by atoms with Crippen LogP contribution >= 0.6 is 33.9 Å². The monoisotopic (exact) mass is 495 g/mol. The maximum absolute atomic E-state index is 12.7. The molecule has 0 saturated carbocycles. The van der Waals surface area contributed by atoms with Gasteiger partial charge >= 0.3 is 11.9 Å². The first-order valence-electron chi connectivity index (χ1n) is 6.79. The molecule has 0 aliphatic heterocycles. The molecule has 134 valence electrons. The van der Waals surface area contributed by atoms with Crippen LogP contribution in [0.2, 0.25) is 0 Å². The number of sulfonamides is 1. The van der Waals surface area contributed by atoms with Crippen molar-refractivity contribution in [3.05, 3.63) is 43.8 Å². The molecular weight excluding hydrogens is 481 g/mol. The molecule has 0 bridgehead atoms. The predicted molar refractivity (Wildman–Crippen MR) is 102 cm³/mol. The third-order valence-electron chi connectivity index (χ3n) is 3.22. The van der Waals surface area contributed by atoms with E-state index in [9.17, 15) is 18.0 Å². The van der Waals surface area contributed by atoms with Gasteiger partial charge in [-0.2, -0.15) is 0 Å². The van der Waals surface area contributed by atoms with Gasteiger partial charge < -0.3 is 9.47 Å². The molecule has 0 radical (unpaired) electrons. The van der Waals surface area contributed by atoms with Gasteiger partial charge in [0.1, 0.15) is 4.88 Å². The number of hydrogen-bond acceptors (Lipinski definition) is 7. The summed E-state index contributed by atoms with van der Waals surface area (Å²) in [6.45, 7) is 1.47. The van der Waals surface area contributed by atoms with E-state index in [1.165, 1.54) is 14.0 Å². The lowest BCUT2D eigenvalue weighted by atomic mass is 10.2. The van der Waals surface area contributed by atoms with Crippen LogP contribution in [0.25, 0.3) is 0 Å². The first-order valence-corrected chi connectivity index (χ1v) is 10.2. The number of carbonyl (C=O) groups is 2. The zero-order valence-electron chi connectivity index (χ0n) is 13.5. The van der Waals surface area contributed by atoms with Crippen molar-refractivity contribution in [2.45, 2.75) is 11.1 Å². The van der Waals surface area contributed by atoms with Gasteiger partial charge in [0.25, 0.3) is 10.0 Å². The van der Waals surface area contributed by atoms with E-state index >= 15 is 0 Å². The van der Waals surface area contributed by atoms with Crippen LogP contribution in [0.15, 0.2) is 28.5 Å². The summed E-state index contributed by atoms with van der Waals surface area (Å²) in [5.41, 5.74) is 0.361. The van der Waals surface area contributed by atoms with E-state index in [2.05, 4.69) is 36.8 Å². The Bertz CT molecular complexity index is 918. The van der Waals surface area contributed by atoms with E-state index in [1.807, 2.05) is 0 Å². The minimum absolute atomic E-state index is 0.0332. The summed E-state index contributed by atoms with van der Waals surface area (Å²) in [5.74, 6) is -1.56. The maximum atomic E-state index is 12.7. The highest BCUT2D eigenvalue weighted by Crippen LogP contribution is 2.34. The van der Waals surface area contributed by atoms with Gasteiger partial charge in [-0.05, 0) is 59.3 Å². The summed E-state index contributed by atoms with van der Waals surface area (Å²) in [4.78, 5) is 23.9. The van der Waals surface area contributed by atoms with E-state index in [-0.39, 0.29) is 20.2 Å². The van der Waals surface area contributed by atoms with Crippen LogP contribution in [0.5, 0.6) is 0 Å². The number of hydrogen-bond donors (Lipinski definition) is 1. The molecule has 1 heterocycles. The number of rotatable bonds is 5. The SMILES string of the molecule is COC(=O)c1sc(S(=O)(=O)Nc2ccc(I)cc2)c(C(=O)OC)c1C. The molecule has 0 saturated heterocycles. The number of ether oxygens (including phenoxy) is 2. The van der Waals surface area contributed by atoms with Gasteiger partial charge in [0, 0.05) is 9.26 Å². The predicted octanol–water partition coefficient (Wildman–Crippen LogP) is 3.04. The number of anilines is 1. The zero-order chi connectivity index (χ0) is 18.8.